The summed E-state index contributed by atoms with van der Waals surface area (Å²) in [6.07, 6.45) is 7.16. The first kappa shape index (κ1) is 22.0. The molecule has 0 bridgehead atoms. The Labute approximate surface area is 200 Å². The van der Waals surface area contributed by atoms with E-state index in [1.165, 1.54) is 54.0 Å². The maximum Gasteiger partial charge on any atom is 0.191 e. The van der Waals surface area contributed by atoms with Crippen LogP contribution < -0.4 is 4.74 Å². The number of aryl methyl sites for hydroxylation is 1. The Bertz CT molecular complexity index is 1190. The van der Waals surface area contributed by atoms with E-state index in [1.54, 1.807) is 11.8 Å². The Kier molecular flexibility index (Phi) is 6.96. The largest absolute Gasteiger partial charge is 0.493 e. The van der Waals surface area contributed by atoms with Crippen LogP contribution in [0.1, 0.15) is 55.1 Å². The zero-order valence-electron chi connectivity index (χ0n) is 19.2. The lowest BCUT2D eigenvalue weighted by Gasteiger charge is -2.25. The van der Waals surface area contributed by atoms with Crippen molar-refractivity contribution in [1.29, 1.82) is 0 Å². The Morgan fingerprint density at radius 2 is 1.70 bits per heavy atom. The van der Waals surface area contributed by atoms with Gasteiger partial charge in [-0.25, -0.2) is 0 Å². The summed E-state index contributed by atoms with van der Waals surface area (Å²) in [6.45, 7) is 2.75. The molecule has 0 spiro atoms. The average molecular weight is 458 g/mol. The highest BCUT2D eigenvalue weighted by Crippen LogP contribution is 2.34. The fourth-order valence-electron chi connectivity index (χ4n) is 4.78. The van der Waals surface area contributed by atoms with E-state index in [-0.39, 0.29) is 0 Å². The second kappa shape index (κ2) is 10.4. The Balaban J connectivity index is 1.34. The van der Waals surface area contributed by atoms with Gasteiger partial charge >= 0.3 is 0 Å². The first-order valence-electron chi connectivity index (χ1n) is 12.0. The quantitative estimate of drug-likeness (QED) is 0.211. The van der Waals surface area contributed by atoms with E-state index in [9.17, 15) is 0 Å². The van der Waals surface area contributed by atoms with Crippen LogP contribution >= 0.6 is 11.8 Å². The number of hydrogen-bond donors (Lipinski definition) is 0. The van der Waals surface area contributed by atoms with E-state index in [4.69, 9.17) is 9.84 Å². The van der Waals surface area contributed by atoms with Crippen molar-refractivity contribution in [1.82, 2.24) is 14.8 Å². The molecule has 1 saturated carbocycles. The molecule has 4 aromatic rings. The van der Waals surface area contributed by atoms with Gasteiger partial charge in [-0.1, -0.05) is 91.2 Å². The van der Waals surface area contributed by atoms with Crippen molar-refractivity contribution < 1.29 is 4.74 Å². The van der Waals surface area contributed by atoms with Crippen LogP contribution in [0.4, 0.5) is 0 Å². The lowest BCUT2D eigenvalue weighted by molar-refractivity contribution is 0.329. The summed E-state index contributed by atoms with van der Waals surface area (Å²) >= 11 is 1.76. The third-order valence-electron chi connectivity index (χ3n) is 6.51. The highest BCUT2D eigenvalue weighted by molar-refractivity contribution is 7.99. The Morgan fingerprint density at radius 1 is 0.909 bits per heavy atom. The van der Waals surface area contributed by atoms with E-state index < -0.39 is 0 Å². The molecule has 0 radical (unpaired) electrons. The number of ether oxygens (including phenoxy) is 1. The van der Waals surface area contributed by atoms with Crippen molar-refractivity contribution in [3.8, 4) is 5.75 Å². The van der Waals surface area contributed by atoms with Crippen molar-refractivity contribution in [3.05, 3.63) is 83.7 Å². The van der Waals surface area contributed by atoms with Gasteiger partial charge in [0.15, 0.2) is 5.16 Å². The molecular formula is C28H31N3OS. The summed E-state index contributed by atoms with van der Waals surface area (Å²) in [5, 5.41) is 13.0. The molecule has 0 N–H and O–H groups in total. The molecule has 1 aliphatic rings. The minimum atomic E-state index is 0.499. The molecule has 3 aromatic carbocycles. The fourth-order valence-corrected chi connectivity index (χ4v) is 5.62. The van der Waals surface area contributed by atoms with Crippen LogP contribution in [-0.4, -0.2) is 27.1 Å². The molecule has 0 atom stereocenters. The van der Waals surface area contributed by atoms with Crippen LogP contribution in [0, 0.1) is 6.92 Å². The molecular weight excluding hydrogens is 426 g/mol. The van der Waals surface area contributed by atoms with Gasteiger partial charge in [0.1, 0.15) is 11.6 Å². The Hall–Kier alpha value is -2.79. The average Bonchev–Trinajstić information content (AvgIpc) is 3.26. The van der Waals surface area contributed by atoms with Crippen molar-refractivity contribution >= 4 is 22.5 Å². The first-order chi connectivity index (χ1) is 16.3. The van der Waals surface area contributed by atoms with Gasteiger partial charge in [-0.3, -0.25) is 0 Å². The number of fused-ring (bicyclic) bond motifs is 1. The van der Waals surface area contributed by atoms with Crippen molar-refractivity contribution in [2.75, 3.05) is 12.4 Å². The smallest absolute Gasteiger partial charge is 0.191 e. The standard InChI is InChI=1S/C28H31N3OS/c1-21-14-16-25(17-15-21)32-18-19-33-28-30-29-27(31(28)24-11-3-2-4-12-24)20-23-10-7-9-22-8-5-6-13-26(22)23/h5-10,13-17,24H,2-4,11-12,18-20H2,1H3. The van der Waals surface area contributed by atoms with Gasteiger partial charge in [0.05, 0.1) is 6.61 Å². The van der Waals surface area contributed by atoms with Gasteiger partial charge in [0.2, 0.25) is 0 Å². The maximum atomic E-state index is 5.94. The zero-order valence-corrected chi connectivity index (χ0v) is 20.1. The molecule has 0 aliphatic heterocycles. The van der Waals surface area contributed by atoms with Gasteiger partial charge in [0, 0.05) is 18.2 Å². The maximum absolute atomic E-state index is 5.94. The molecule has 5 rings (SSSR count). The normalized spacial score (nSPS) is 14.6. The molecule has 170 valence electrons. The molecule has 0 unspecified atom stereocenters. The number of benzene rings is 3. The van der Waals surface area contributed by atoms with E-state index in [0.717, 1.165) is 28.9 Å². The number of aromatic nitrogens is 3. The second-order valence-electron chi connectivity index (χ2n) is 8.89. The minimum Gasteiger partial charge on any atom is -0.493 e. The van der Waals surface area contributed by atoms with E-state index >= 15 is 0 Å². The molecule has 4 nitrogen and oxygen atoms in total. The summed E-state index contributed by atoms with van der Waals surface area (Å²) in [7, 11) is 0. The van der Waals surface area contributed by atoms with Crippen LogP contribution in [0.2, 0.25) is 0 Å². The fraction of sp³-hybridized carbons (Fsp3) is 0.357. The topological polar surface area (TPSA) is 39.9 Å². The summed E-state index contributed by atoms with van der Waals surface area (Å²) in [5.74, 6) is 2.86. The van der Waals surface area contributed by atoms with Gasteiger partial charge < -0.3 is 9.30 Å². The third-order valence-corrected chi connectivity index (χ3v) is 7.42. The molecule has 5 heteroatoms. The van der Waals surface area contributed by atoms with Crippen molar-refractivity contribution in [2.24, 2.45) is 0 Å². The van der Waals surface area contributed by atoms with Gasteiger partial charge in [0.25, 0.3) is 0 Å². The molecule has 0 amide bonds. The predicted octanol–water partition coefficient (Wildman–Crippen LogP) is 7.01. The van der Waals surface area contributed by atoms with Crippen LogP contribution in [-0.2, 0) is 6.42 Å². The summed E-state index contributed by atoms with van der Waals surface area (Å²) in [4.78, 5) is 0. The monoisotopic (exact) mass is 457 g/mol. The number of rotatable bonds is 8. The highest BCUT2D eigenvalue weighted by atomic mass is 32.2. The summed E-state index contributed by atoms with van der Waals surface area (Å²) < 4.78 is 8.38. The van der Waals surface area contributed by atoms with Crippen LogP contribution in [0.15, 0.2) is 71.9 Å². The highest BCUT2D eigenvalue weighted by Gasteiger charge is 2.23. The number of nitrogens with zero attached hydrogens (tertiary/aromatic N) is 3. The lowest BCUT2D eigenvalue weighted by atomic mass is 9.95. The van der Waals surface area contributed by atoms with Gasteiger partial charge in [-0.05, 0) is 48.2 Å². The summed E-state index contributed by atoms with van der Waals surface area (Å²) in [6, 6.07) is 23.9. The predicted molar refractivity (Wildman–Crippen MR) is 136 cm³/mol. The van der Waals surface area contributed by atoms with Crippen LogP contribution in [0.25, 0.3) is 10.8 Å². The molecule has 1 heterocycles. The Morgan fingerprint density at radius 3 is 2.55 bits per heavy atom. The van der Waals surface area contributed by atoms with Gasteiger partial charge in [-0.15, -0.1) is 10.2 Å². The molecule has 1 aliphatic carbocycles. The SMILES string of the molecule is Cc1ccc(OCCSc2nnc(Cc3cccc4ccccc34)n2C2CCCCC2)cc1. The molecule has 0 saturated heterocycles. The molecule has 1 aromatic heterocycles. The van der Waals surface area contributed by atoms with Crippen LogP contribution in [0.5, 0.6) is 5.75 Å². The first-order valence-corrected chi connectivity index (χ1v) is 13.0. The molecule has 1 fully saturated rings. The minimum absolute atomic E-state index is 0.499. The third kappa shape index (κ3) is 5.25. The van der Waals surface area contributed by atoms with Crippen LogP contribution in [0.3, 0.4) is 0 Å². The van der Waals surface area contributed by atoms with Crippen molar-refractivity contribution in [2.45, 2.75) is 56.6 Å². The number of hydrogen-bond acceptors (Lipinski definition) is 4. The summed E-state index contributed by atoms with van der Waals surface area (Å²) in [5.41, 5.74) is 2.56. The van der Waals surface area contributed by atoms with Gasteiger partial charge in [-0.2, -0.15) is 0 Å². The lowest BCUT2D eigenvalue weighted by Crippen LogP contribution is -2.17. The van der Waals surface area contributed by atoms with E-state index in [0.29, 0.717) is 12.6 Å². The zero-order chi connectivity index (χ0) is 22.5. The van der Waals surface area contributed by atoms with E-state index in [2.05, 4.69) is 71.2 Å². The van der Waals surface area contributed by atoms with E-state index in [1.807, 2.05) is 12.1 Å². The number of thioether (sulfide) groups is 1. The van der Waals surface area contributed by atoms with Crippen molar-refractivity contribution in [3.63, 3.8) is 0 Å². The second-order valence-corrected chi connectivity index (χ2v) is 9.95. The molecule has 33 heavy (non-hydrogen) atoms.